The minimum absolute atomic E-state index is 0.107. The van der Waals surface area contributed by atoms with E-state index in [-0.39, 0.29) is 11.9 Å². The fourth-order valence-electron chi connectivity index (χ4n) is 1.45. The number of nitrogen functional groups attached to an aromatic ring is 1. The van der Waals surface area contributed by atoms with Gasteiger partial charge in [-0.3, -0.25) is 4.79 Å². The van der Waals surface area contributed by atoms with E-state index < -0.39 is 0 Å². The van der Waals surface area contributed by atoms with Crippen LogP contribution in [0.2, 0.25) is 0 Å². The molecular weight excluding hydrogens is 300 g/mol. The second-order valence-electron chi connectivity index (χ2n) is 3.77. The molecule has 1 atom stereocenters. The van der Waals surface area contributed by atoms with Gasteiger partial charge in [0, 0.05) is 22.0 Å². The Labute approximate surface area is 115 Å². The summed E-state index contributed by atoms with van der Waals surface area (Å²) in [5, 5.41) is 2.99. The third-order valence-corrected chi connectivity index (χ3v) is 3.68. The highest BCUT2D eigenvalue weighted by atomic mass is 79.9. The molecular formula is C12H17BrN2OS. The summed E-state index contributed by atoms with van der Waals surface area (Å²) < 4.78 is 0.856. The van der Waals surface area contributed by atoms with Crippen LogP contribution >= 0.6 is 27.7 Å². The van der Waals surface area contributed by atoms with Gasteiger partial charge in [-0.1, -0.05) is 22.9 Å². The number of benzene rings is 1. The number of hydrogen-bond acceptors (Lipinski definition) is 3. The zero-order valence-electron chi connectivity index (χ0n) is 10.00. The standard InChI is InChI=1S/C12H17BrN2OS/c1-3-9(7-17-2)15-12(16)10-6-8(13)4-5-11(10)14/h4-6,9H,3,7,14H2,1-2H3,(H,15,16). The molecule has 0 saturated carbocycles. The molecule has 3 nitrogen and oxygen atoms in total. The monoisotopic (exact) mass is 316 g/mol. The van der Waals surface area contributed by atoms with Gasteiger partial charge in [0.25, 0.3) is 5.91 Å². The lowest BCUT2D eigenvalue weighted by Gasteiger charge is -2.16. The molecule has 0 spiro atoms. The quantitative estimate of drug-likeness (QED) is 0.821. The Morgan fingerprint density at radius 2 is 2.29 bits per heavy atom. The predicted octanol–water partition coefficient (Wildman–Crippen LogP) is 2.90. The fourth-order valence-corrected chi connectivity index (χ4v) is 2.53. The Morgan fingerprint density at radius 1 is 1.59 bits per heavy atom. The highest BCUT2D eigenvalue weighted by Crippen LogP contribution is 2.18. The van der Waals surface area contributed by atoms with Crippen molar-refractivity contribution in [3.05, 3.63) is 28.2 Å². The molecule has 0 bridgehead atoms. The van der Waals surface area contributed by atoms with Crippen molar-refractivity contribution in [2.75, 3.05) is 17.7 Å². The molecule has 3 N–H and O–H groups in total. The largest absolute Gasteiger partial charge is 0.398 e. The molecule has 0 aliphatic rings. The zero-order valence-corrected chi connectivity index (χ0v) is 12.4. The summed E-state index contributed by atoms with van der Waals surface area (Å²) in [6.45, 7) is 2.06. The average molecular weight is 317 g/mol. The Hall–Kier alpha value is -0.680. The molecule has 1 unspecified atom stereocenters. The Kier molecular flexibility index (Phi) is 5.85. The molecule has 0 aromatic heterocycles. The van der Waals surface area contributed by atoms with Crippen LogP contribution in [0.1, 0.15) is 23.7 Å². The van der Waals surface area contributed by atoms with Crippen molar-refractivity contribution < 1.29 is 4.79 Å². The number of thioether (sulfide) groups is 1. The lowest BCUT2D eigenvalue weighted by molar-refractivity contribution is 0.0941. The van der Waals surface area contributed by atoms with Gasteiger partial charge in [-0.25, -0.2) is 0 Å². The zero-order chi connectivity index (χ0) is 12.8. The average Bonchev–Trinajstić information content (AvgIpc) is 2.31. The molecule has 5 heteroatoms. The molecule has 94 valence electrons. The lowest BCUT2D eigenvalue weighted by atomic mass is 10.1. The van der Waals surface area contributed by atoms with E-state index in [2.05, 4.69) is 28.2 Å². The number of nitrogens with one attached hydrogen (secondary N) is 1. The molecule has 17 heavy (non-hydrogen) atoms. The van der Waals surface area contributed by atoms with E-state index in [9.17, 15) is 4.79 Å². The highest BCUT2D eigenvalue weighted by molar-refractivity contribution is 9.10. The van der Waals surface area contributed by atoms with Crippen LogP contribution in [0.15, 0.2) is 22.7 Å². The minimum atomic E-state index is -0.107. The van der Waals surface area contributed by atoms with Crippen molar-refractivity contribution in [2.24, 2.45) is 0 Å². The maximum absolute atomic E-state index is 12.0. The van der Waals surface area contributed by atoms with Gasteiger partial charge in [0.15, 0.2) is 0 Å². The van der Waals surface area contributed by atoms with Crippen LogP contribution in [0.25, 0.3) is 0 Å². The van der Waals surface area contributed by atoms with Gasteiger partial charge >= 0.3 is 0 Å². The number of anilines is 1. The van der Waals surface area contributed by atoms with Crippen molar-refractivity contribution in [2.45, 2.75) is 19.4 Å². The van der Waals surface area contributed by atoms with Crippen LogP contribution in [-0.4, -0.2) is 24.0 Å². The minimum Gasteiger partial charge on any atom is -0.398 e. The number of rotatable bonds is 5. The van der Waals surface area contributed by atoms with Crippen molar-refractivity contribution in [1.29, 1.82) is 0 Å². The van der Waals surface area contributed by atoms with Crippen LogP contribution < -0.4 is 11.1 Å². The number of carbonyl (C=O) groups excluding carboxylic acids is 1. The van der Waals surface area contributed by atoms with E-state index in [0.29, 0.717) is 11.3 Å². The van der Waals surface area contributed by atoms with Crippen LogP contribution in [0, 0.1) is 0 Å². The molecule has 1 amide bonds. The molecule has 0 saturated heterocycles. The summed E-state index contributed by atoms with van der Waals surface area (Å²) in [5.74, 6) is 0.806. The number of halogens is 1. The first-order valence-corrected chi connectivity index (χ1v) is 7.62. The van der Waals surface area contributed by atoms with E-state index in [1.54, 1.807) is 23.9 Å². The fraction of sp³-hybridized carbons (Fsp3) is 0.417. The van der Waals surface area contributed by atoms with E-state index in [4.69, 9.17) is 5.73 Å². The van der Waals surface area contributed by atoms with E-state index in [1.165, 1.54) is 0 Å². The summed E-state index contributed by atoms with van der Waals surface area (Å²) in [6, 6.07) is 5.49. The Bertz CT molecular complexity index is 398. The molecule has 1 aromatic rings. The smallest absolute Gasteiger partial charge is 0.253 e. The molecule has 0 heterocycles. The van der Waals surface area contributed by atoms with Gasteiger partial charge in [0.1, 0.15) is 0 Å². The first-order chi connectivity index (χ1) is 8.08. The van der Waals surface area contributed by atoms with Crippen LogP contribution in [-0.2, 0) is 0 Å². The topological polar surface area (TPSA) is 55.1 Å². The maximum Gasteiger partial charge on any atom is 0.253 e. The molecule has 0 fully saturated rings. The van der Waals surface area contributed by atoms with Crippen LogP contribution in [0.5, 0.6) is 0 Å². The van der Waals surface area contributed by atoms with Gasteiger partial charge in [0.05, 0.1) is 5.56 Å². The van der Waals surface area contributed by atoms with E-state index in [0.717, 1.165) is 16.6 Å². The second-order valence-corrected chi connectivity index (χ2v) is 5.59. The summed E-state index contributed by atoms with van der Waals surface area (Å²) in [6.07, 6.45) is 2.95. The molecule has 0 aliphatic carbocycles. The summed E-state index contributed by atoms with van der Waals surface area (Å²) in [4.78, 5) is 12.0. The van der Waals surface area contributed by atoms with Crippen molar-refractivity contribution in [1.82, 2.24) is 5.32 Å². The van der Waals surface area contributed by atoms with Crippen molar-refractivity contribution in [3.8, 4) is 0 Å². The summed E-state index contributed by atoms with van der Waals surface area (Å²) in [7, 11) is 0. The summed E-state index contributed by atoms with van der Waals surface area (Å²) in [5.41, 5.74) is 6.83. The predicted molar refractivity (Wildman–Crippen MR) is 78.5 cm³/mol. The van der Waals surface area contributed by atoms with Crippen molar-refractivity contribution in [3.63, 3.8) is 0 Å². The Morgan fingerprint density at radius 3 is 2.88 bits per heavy atom. The van der Waals surface area contributed by atoms with E-state index >= 15 is 0 Å². The van der Waals surface area contributed by atoms with Crippen LogP contribution in [0.4, 0.5) is 5.69 Å². The first kappa shape index (κ1) is 14.4. The molecule has 1 rings (SSSR count). The van der Waals surface area contributed by atoms with Gasteiger partial charge < -0.3 is 11.1 Å². The summed E-state index contributed by atoms with van der Waals surface area (Å²) >= 11 is 5.06. The van der Waals surface area contributed by atoms with Gasteiger partial charge in [0.2, 0.25) is 0 Å². The normalized spacial score (nSPS) is 12.2. The number of nitrogens with two attached hydrogens (primary N) is 1. The van der Waals surface area contributed by atoms with Crippen LogP contribution in [0.3, 0.4) is 0 Å². The lowest BCUT2D eigenvalue weighted by Crippen LogP contribution is -2.36. The first-order valence-electron chi connectivity index (χ1n) is 5.43. The SMILES string of the molecule is CCC(CSC)NC(=O)c1cc(Br)ccc1N. The second kappa shape index (κ2) is 6.91. The van der Waals surface area contributed by atoms with E-state index in [1.807, 2.05) is 12.3 Å². The van der Waals surface area contributed by atoms with Gasteiger partial charge in [-0.2, -0.15) is 11.8 Å². The molecule has 1 aromatic carbocycles. The van der Waals surface area contributed by atoms with Crippen molar-refractivity contribution >= 4 is 39.3 Å². The number of hydrogen-bond donors (Lipinski definition) is 2. The Balaban J connectivity index is 2.78. The molecule has 0 aliphatic heterocycles. The number of amides is 1. The molecule has 0 radical (unpaired) electrons. The van der Waals surface area contributed by atoms with Gasteiger partial charge in [-0.05, 0) is 30.9 Å². The number of carbonyl (C=O) groups is 1. The maximum atomic E-state index is 12.0. The highest BCUT2D eigenvalue weighted by Gasteiger charge is 2.14. The third-order valence-electron chi connectivity index (χ3n) is 2.46. The third kappa shape index (κ3) is 4.24. The van der Waals surface area contributed by atoms with Gasteiger partial charge in [-0.15, -0.1) is 0 Å².